The number of allylic oxidation sites excluding steroid dienone is 1. The van der Waals surface area contributed by atoms with Gasteiger partial charge in [0, 0.05) is 13.0 Å². The van der Waals surface area contributed by atoms with Crippen molar-refractivity contribution >= 4 is 41.0 Å². The summed E-state index contributed by atoms with van der Waals surface area (Å²) in [4.78, 5) is 58.9. The van der Waals surface area contributed by atoms with Crippen molar-refractivity contribution in [3.8, 4) is 0 Å². The van der Waals surface area contributed by atoms with Crippen molar-refractivity contribution in [1.29, 1.82) is 0 Å². The van der Waals surface area contributed by atoms with E-state index in [0.29, 0.717) is 17.1 Å². The van der Waals surface area contributed by atoms with E-state index in [0.717, 1.165) is 11.1 Å². The number of hydrogen-bond donors (Lipinski definition) is 2. The van der Waals surface area contributed by atoms with Crippen LogP contribution in [0.3, 0.4) is 0 Å². The second-order valence-electron chi connectivity index (χ2n) is 12.4. The van der Waals surface area contributed by atoms with Crippen LogP contribution in [0, 0.1) is 18.8 Å². The van der Waals surface area contributed by atoms with Gasteiger partial charge in [-0.15, -0.1) is 0 Å². The van der Waals surface area contributed by atoms with Crippen molar-refractivity contribution in [1.82, 2.24) is 10.2 Å². The van der Waals surface area contributed by atoms with Crippen LogP contribution in [0.15, 0.2) is 72.8 Å². The van der Waals surface area contributed by atoms with E-state index in [9.17, 15) is 19.5 Å². The number of nitrogens with zero attached hydrogens (tertiary/aromatic N) is 2. The Kier molecular flexibility index (Phi) is 9.05. The minimum absolute atomic E-state index is 0.0996. The SMILES string of the molecule is Cc1cccc(Cl)c1N1C/C=C\CCC(=O)NC[C@H](C)OC(=O)[C@@H]2[C@H]3C(=O)N([C@@H](CO)Cc4ccccc4)[C@H](C1=O)[C@]31C=C[C@H]2O1. The molecule has 2 aromatic rings. The molecule has 2 saturated heterocycles. The number of likely N-dealkylation sites (tertiary alicyclic amines) is 1. The Balaban J connectivity index is 1.49. The molecule has 6 rings (SSSR count). The summed E-state index contributed by atoms with van der Waals surface area (Å²) < 4.78 is 12.3. The summed E-state index contributed by atoms with van der Waals surface area (Å²) in [5.41, 5.74) is 0.621. The van der Waals surface area contributed by atoms with Gasteiger partial charge in [0.1, 0.15) is 23.7 Å². The van der Waals surface area contributed by atoms with Crippen LogP contribution in [-0.2, 0) is 35.1 Å². The number of carbonyl (C=O) groups excluding carboxylic acids is 4. The molecule has 5 bridgehead atoms. The summed E-state index contributed by atoms with van der Waals surface area (Å²) in [6.07, 6.45) is 6.55. The first-order valence-electron chi connectivity index (χ1n) is 15.7. The molecule has 0 aromatic heterocycles. The predicted octanol–water partition coefficient (Wildman–Crippen LogP) is 3.13. The molecule has 2 N–H and O–H groups in total. The molecule has 4 aliphatic heterocycles. The third-order valence-electron chi connectivity index (χ3n) is 9.36. The van der Waals surface area contributed by atoms with E-state index in [2.05, 4.69) is 5.32 Å². The van der Waals surface area contributed by atoms with E-state index in [-0.39, 0.29) is 31.8 Å². The van der Waals surface area contributed by atoms with Crippen LogP contribution in [0.4, 0.5) is 5.69 Å². The quantitative estimate of drug-likeness (QED) is 0.377. The summed E-state index contributed by atoms with van der Waals surface area (Å²) in [5, 5.41) is 13.9. The van der Waals surface area contributed by atoms with Gasteiger partial charge >= 0.3 is 5.97 Å². The van der Waals surface area contributed by atoms with E-state index < -0.39 is 66.1 Å². The topological polar surface area (TPSA) is 125 Å². The number of ether oxygens (including phenoxy) is 2. The number of esters is 1. The number of halogens is 1. The lowest BCUT2D eigenvalue weighted by molar-refractivity contribution is -0.159. The number of amides is 3. The molecule has 0 unspecified atom stereocenters. The summed E-state index contributed by atoms with van der Waals surface area (Å²) in [5.74, 6) is -3.84. The summed E-state index contributed by atoms with van der Waals surface area (Å²) in [6, 6.07) is 12.8. The van der Waals surface area contributed by atoms with Crippen LogP contribution in [0.5, 0.6) is 0 Å². The van der Waals surface area contributed by atoms with Crippen LogP contribution in [0.1, 0.15) is 30.9 Å². The normalized spacial score (nSPS) is 31.1. The third-order valence-corrected chi connectivity index (χ3v) is 9.66. The van der Waals surface area contributed by atoms with Gasteiger partial charge in [-0.1, -0.05) is 78.4 Å². The Morgan fingerprint density at radius 1 is 1.07 bits per heavy atom. The maximum absolute atomic E-state index is 15.1. The zero-order chi connectivity index (χ0) is 32.6. The second-order valence-corrected chi connectivity index (χ2v) is 12.8. The number of rotatable bonds is 5. The van der Waals surface area contributed by atoms with Gasteiger partial charge in [-0.3, -0.25) is 19.2 Å². The predicted molar refractivity (Wildman–Crippen MR) is 171 cm³/mol. The third kappa shape index (κ3) is 5.63. The van der Waals surface area contributed by atoms with Gasteiger partial charge in [0.15, 0.2) is 0 Å². The second kappa shape index (κ2) is 13.0. The van der Waals surface area contributed by atoms with E-state index >= 15 is 4.79 Å². The van der Waals surface area contributed by atoms with Crippen LogP contribution < -0.4 is 10.2 Å². The molecule has 3 amide bonds. The number of hydrogen-bond acceptors (Lipinski definition) is 7. The molecule has 0 radical (unpaired) electrons. The Morgan fingerprint density at radius 3 is 2.59 bits per heavy atom. The lowest BCUT2D eigenvalue weighted by Crippen LogP contribution is -2.59. The number of fused-ring (bicyclic) bond motifs is 2. The molecular formula is C35H38ClN3O7. The fourth-order valence-electron chi connectivity index (χ4n) is 7.27. The van der Waals surface area contributed by atoms with Crippen molar-refractivity contribution in [2.75, 3.05) is 24.6 Å². The highest BCUT2D eigenvalue weighted by atomic mass is 35.5. The molecule has 0 aliphatic carbocycles. The van der Waals surface area contributed by atoms with Gasteiger partial charge in [0.25, 0.3) is 5.91 Å². The number of aryl methyl sites for hydroxylation is 1. The average molecular weight is 648 g/mol. The first-order valence-corrected chi connectivity index (χ1v) is 16.1. The largest absolute Gasteiger partial charge is 0.460 e. The molecule has 0 saturated carbocycles. The van der Waals surface area contributed by atoms with Crippen molar-refractivity contribution in [3.05, 3.63) is 89.0 Å². The monoisotopic (exact) mass is 647 g/mol. The molecule has 10 nitrogen and oxygen atoms in total. The lowest BCUT2D eigenvalue weighted by atomic mass is 9.74. The van der Waals surface area contributed by atoms with Crippen molar-refractivity contribution in [2.24, 2.45) is 11.8 Å². The van der Waals surface area contributed by atoms with Crippen LogP contribution in [0.2, 0.25) is 5.02 Å². The van der Waals surface area contributed by atoms with E-state index in [1.54, 1.807) is 37.3 Å². The number of aliphatic hydroxyl groups excluding tert-OH is 1. The first-order chi connectivity index (χ1) is 22.2. The lowest BCUT2D eigenvalue weighted by Gasteiger charge is -2.39. The Bertz CT molecular complexity index is 1560. The molecule has 46 heavy (non-hydrogen) atoms. The minimum atomic E-state index is -1.48. The van der Waals surface area contributed by atoms with Gasteiger partial charge in [0.05, 0.1) is 41.9 Å². The highest BCUT2D eigenvalue weighted by Gasteiger charge is 2.74. The highest BCUT2D eigenvalue weighted by Crippen LogP contribution is 2.56. The Labute approximate surface area is 273 Å². The molecule has 242 valence electrons. The van der Waals surface area contributed by atoms with Crippen molar-refractivity contribution in [2.45, 2.75) is 63.0 Å². The van der Waals surface area contributed by atoms with Crippen LogP contribution >= 0.6 is 11.6 Å². The zero-order valence-corrected chi connectivity index (χ0v) is 26.6. The van der Waals surface area contributed by atoms with Gasteiger partial charge in [0.2, 0.25) is 11.8 Å². The molecule has 11 heteroatoms. The van der Waals surface area contributed by atoms with E-state index in [1.807, 2.05) is 49.4 Å². The van der Waals surface area contributed by atoms with Gasteiger partial charge in [-0.25, -0.2) is 0 Å². The Morgan fingerprint density at radius 2 is 1.85 bits per heavy atom. The molecular weight excluding hydrogens is 610 g/mol. The van der Waals surface area contributed by atoms with Gasteiger partial charge in [-0.2, -0.15) is 0 Å². The number of cyclic esters (lactones) is 1. The smallest absolute Gasteiger partial charge is 0.313 e. The molecule has 2 aromatic carbocycles. The molecule has 4 aliphatic rings. The number of benzene rings is 2. The maximum Gasteiger partial charge on any atom is 0.313 e. The number of aliphatic hydroxyl groups is 1. The van der Waals surface area contributed by atoms with Crippen LogP contribution in [-0.4, -0.2) is 83.3 Å². The number of carbonyl (C=O) groups is 4. The maximum atomic E-state index is 15.1. The molecule has 7 atom stereocenters. The van der Waals surface area contributed by atoms with E-state index in [1.165, 1.54) is 9.80 Å². The van der Waals surface area contributed by atoms with Crippen LogP contribution in [0.25, 0.3) is 0 Å². The standard InChI is InChI=1S/C35H38ClN3O7/c1-21-10-9-13-25(36)30(21)38-17-8-4-7-14-27(41)37-19-22(2)45-34(44)28-26-15-16-35(46-26)29(28)32(42)39(31(35)33(38)43)24(20-40)18-23-11-5-3-6-12-23/h3-6,8-13,15-16,22,24,26,28-29,31,40H,7,14,17-20H2,1-2H3,(H,37,41)/b8-4-/t22-,24+,26+,28-,29-,31+,35-/m0/s1. The average Bonchev–Trinajstić information content (AvgIpc) is 3.68. The minimum Gasteiger partial charge on any atom is -0.460 e. The number of nitrogens with one attached hydrogen (secondary N) is 1. The molecule has 2 fully saturated rings. The highest BCUT2D eigenvalue weighted by molar-refractivity contribution is 6.34. The van der Waals surface area contributed by atoms with E-state index in [4.69, 9.17) is 21.1 Å². The van der Waals surface area contributed by atoms with Crippen molar-refractivity contribution < 1.29 is 33.8 Å². The Hall–Kier alpha value is -3.99. The summed E-state index contributed by atoms with van der Waals surface area (Å²) in [7, 11) is 0. The van der Waals surface area contributed by atoms with Gasteiger partial charge < -0.3 is 29.7 Å². The summed E-state index contributed by atoms with van der Waals surface area (Å²) >= 11 is 6.73. The zero-order valence-electron chi connectivity index (χ0n) is 25.8. The van der Waals surface area contributed by atoms with Gasteiger partial charge in [-0.05, 0) is 43.9 Å². The number of anilines is 1. The summed E-state index contributed by atoms with van der Waals surface area (Å²) in [6.45, 7) is 3.31. The number of para-hydroxylation sites is 1. The van der Waals surface area contributed by atoms with Crippen molar-refractivity contribution in [3.63, 3.8) is 0 Å². The fraction of sp³-hybridized carbons (Fsp3) is 0.429. The molecule has 4 heterocycles. The molecule has 1 spiro atoms. The fourth-order valence-corrected chi connectivity index (χ4v) is 7.59. The first kappa shape index (κ1) is 32.0.